The van der Waals surface area contributed by atoms with Crippen molar-refractivity contribution in [2.24, 2.45) is 0 Å². The van der Waals surface area contributed by atoms with Crippen molar-refractivity contribution in [3.8, 4) is 5.75 Å². The molecule has 34 heavy (non-hydrogen) atoms. The van der Waals surface area contributed by atoms with Crippen LogP contribution in [-0.2, 0) is 27.8 Å². The van der Waals surface area contributed by atoms with E-state index in [2.05, 4.69) is 10.0 Å². The molecule has 0 heterocycles. The van der Waals surface area contributed by atoms with Gasteiger partial charge in [0.25, 0.3) is 0 Å². The molecule has 0 aliphatic rings. The monoisotopic (exact) mass is 474 g/mol. The molecule has 0 unspecified atom stereocenters. The number of hydrogen-bond acceptors (Lipinski definition) is 4. The molecule has 0 aromatic heterocycles. The van der Waals surface area contributed by atoms with Crippen LogP contribution in [0.1, 0.15) is 11.1 Å². The van der Waals surface area contributed by atoms with E-state index in [1.807, 2.05) is 78.9 Å². The van der Waals surface area contributed by atoms with E-state index in [4.69, 9.17) is 4.74 Å². The molecular formula is C27H26N2O4S. The molecule has 0 saturated carbocycles. The first-order chi connectivity index (χ1) is 16.5. The molecular weight excluding hydrogens is 448 g/mol. The third-order valence-corrected chi connectivity index (χ3v) is 7.04. The van der Waals surface area contributed by atoms with E-state index in [0.29, 0.717) is 5.75 Å². The zero-order valence-electron chi connectivity index (χ0n) is 18.8. The summed E-state index contributed by atoms with van der Waals surface area (Å²) >= 11 is 0. The third-order valence-electron chi connectivity index (χ3n) is 5.57. The van der Waals surface area contributed by atoms with Crippen LogP contribution in [0.4, 0.5) is 0 Å². The molecule has 2 N–H and O–H groups in total. The molecule has 1 atom stereocenters. The van der Waals surface area contributed by atoms with Crippen LogP contribution in [-0.4, -0.2) is 27.5 Å². The number of amides is 1. The number of carbonyl (C=O) groups excluding carboxylic acids is 1. The standard InChI is InChI=1S/C27H26N2O4S/c1-33-26-14-8-7-13-23(26)19-28-27(30)25(17-20-9-3-2-4-10-20)29-34(31,32)24-16-15-21-11-5-6-12-22(21)18-24/h2-16,18,25,29H,17,19H2,1H3,(H,28,30)/t25-/m1/s1. The minimum absolute atomic E-state index is 0.113. The second-order valence-electron chi connectivity index (χ2n) is 7.90. The van der Waals surface area contributed by atoms with E-state index in [9.17, 15) is 13.2 Å². The molecule has 0 aliphatic heterocycles. The lowest BCUT2D eigenvalue weighted by molar-refractivity contribution is -0.122. The van der Waals surface area contributed by atoms with E-state index in [-0.39, 0.29) is 17.9 Å². The number of para-hydroxylation sites is 1. The topological polar surface area (TPSA) is 84.5 Å². The van der Waals surface area contributed by atoms with Crippen LogP contribution < -0.4 is 14.8 Å². The van der Waals surface area contributed by atoms with Crippen LogP contribution in [0.25, 0.3) is 10.8 Å². The quantitative estimate of drug-likeness (QED) is 0.383. The van der Waals surface area contributed by atoms with Gasteiger partial charge in [0, 0.05) is 12.1 Å². The number of nitrogens with one attached hydrogen (secondary N) is 2. The van der Waals surface area contributed by atoms with Crippen LogP contribution >= 0.6 is 0 Å². The van der Waals surface area contributed by atoms with Crippen molar-refractivity contribution >= 4 is 26.7 Å². The van der Waals surface area contributed by atoms with E-state index in [1.54, 1.807) is 25.3 Å². The summed E-state index contributed by atoms with van der Waals surface area (Å²) < 4.78 is 34.4. The van der Waals surface area contributed by atoms with Crippen LogP contribution in [0.5, 0.6) is 5.75 Å². The first-order valence-corrected chi connectivity index (χ1v) is 12.4. The summed E-state index contributed by atoms with van der Waals surface area (Å²) in [6.45, 7) is 0.214. The maximum atomic E-state index is 13.2. The van der Waals surface area contributed by atoms with Crippen molar-refractivity contribution in [1.29, 1.82) is 0 Å². The molecule has 0 bridgehead atoms. The van der Waals surface area contributed by atoms with Gasteiger partial charge in [0.15, 0.2) is 0 Å². The molecule has 6 nitrogen and oxygen atoms in total. The van der Waals surface area contributed by atoms with E-state index < -0.39 is 22.0 Å². The average molecular weight is 475 g/mol. The summed E-state index contributed by atoms with van der Waals surface area (Å²) in [5.41, 5.74) is 1.65. The molecule has 0 spiro atoms. The summed E-state index contributed by atoms with van der Waals surface area (Å²) in [4.78, 5) is 13.3. The van der Waals surface area contributed by atoms with Crippen molar-refractivity contribution in [2.75, 3.05) is 7.11 Å². The first-order valence-electron chi connectivity index (χ1n) is 10.9. The highest BCUT2D eigenvalue weighted by atomic mass is 32.2. The van der Waals surface area contributed by atoms with E-state index in [0.717, 1.165) is 21.9 Å². The number of rotatable bonds is 9. The van der Waals surface area contributed by atoms with Crippen LogP contribution in [0.15, 0.2) is 102 Å². The van der Waals surface area contributed by atoms with Gasteiger partial charge in [-0.2, -0.15) is 4.72 Å². The molecule has 4 rings (SSSR count). The minimum Gasteiger partial charge on any atom is -0.496 e. The summed E-state index contributed by atoms with van der Waals surface area (Å²) in [5, 5.41) is 4.60. The van der Waals surface area contributed by atoms with Crippen molar-refractivity contribution in [3.63, 3.8) is 0 Å². The van der Waals surface area contributed by atoms with Gasteiger partial charge in [-0.1, -0.05) is 78.9 Å². The fourth-order valence-corrected chi connectivity index (χ4v) is 5.01. The number of benzene rings is 4. The van der Waals surface area contributed by atoms with Crippen LogP contribution in [0.2, 0.25) is 0 Å². The minimum atomic E-state index is -3.95. The fourth-order valence-electron chi connectivity index (χ4n) is 3.78. The van der Waals surface area contributed by atoms with Gasteiger partial charge in [0.05, 0.1) is 12.0 Å². The molecule has 0 aliphatic carbocycles. The predicted octanol–water partition coefficient (Wildman–Crippen LogP) is 4.05. The predicted molar refractivity (Wildman–Crippen MR) is 133 cm³/mol. The van der Waals surface area contributed by atoms with Gasteiger partial charge in [-0.25, -0.2) is 8.42 Å². The Bertz CT molecular complexity index is 1390. The maximum absolute atomic E-state index is 13.2. The molecule has 1 amide bonds. The highest BCUT2D eigenvalue weighted by Gasteiger charge is 2.26. The zero-order valence-corrected chi connectivity index (χ0v) is 19.6. The lowest BCUT2D eigenvalue weighted by atomic mass is 10.1. The smallest absolute Gasteiger partial charge is 0.241 e. The SMILES string of the molecule is COc1ccccc1CNC(=O)[C@@H](Cc1ccccc1)NS(=O)(=O)c1ccc2ccccc2c1. The number of fused-ring (bicyclic) bond motifs is 1. The molecule has 7 heteroatoms. The molecule has 0 saturated heterocycles. The van der Waals surface area contributed by atoms with Gasteiger partial charge < -0.3 is 10.1 Å². The Hall–Kier alpha value is -3.68. The second kappa shape index (κ2) is 10.5. The normalized spacial score (nSPS) is 12.3. The van der Waals surface area contributed by atoms with Crippen LogP contribution in [0, 0.1) is 0 Å². The second-order valence-corrected chi connectivity index (χ2v) is 9.62. The Kier molecular flexibility index (Phi) is 7.25. The Balaban J connectivity index is 1.57. The highest BCUT2D eigenvalue weighted by Crippen LogP contribution is 2.20. The number of ether oxygens (including phenoxy) is 1. The molecule has 4 aromatic carbocycles. The average Bonchev–Trinajstić information content (AvgIpc) is 2.87. The summed E-state index contributed by atoms with van der Waals surface area (Å²) in [6, 6.07) is 28.2. The van der Waals surface area contributed by atoms with Crippen molar-refractivity contribution in [2.45, 2.75) is 23.9 Å². The molecule has 4 aromatic rings. The van der Waals surface area contributed by atoms with Gasteiger partial charge in [-0.3, -0.25) is 4.79 Å². The maximum Gasteiger partial charge on any atom is 0.241 e. The van der Waals surface area contributed by atoms with E-state index >= 15 is 0 Å². The van der Waals surface area contributed by atoms with Crippen LogP contribution in [0.3, 0.4) is 0 Å². The Morgan fingerprint density at radius 3 is 2.29 bits per heavy atom. The van der Waals surface area contributed by atoms with Gasteiger partial charge >= 0.3 is 0 Å². The van der Waals surface area contributed by atoms with Gasteiger partial charge in [-0.05, 0) is 41.0 Å². The fraction of sp³-hybridized carbons (Fsp3) is 0.148. The highest BCUT2D eigenvalue weighted by molar-refractivity contribution is 7.89. The summed E-state index contributed by atoms with van der Waals surface area (Å²) in [5.74, 6) is 0.235. The number of sulfonamides is 1. The lowest BCUT2D eigenvalue weighted by Crippen LogP contribution is -2.47. The number of carbonyl (C=O) groups is 1. The Morgan fingerprint density at radius 2 is 1.53 bits per heavy atom. The summed E-state index contributed by atoms with van der Waals surface area (Å²) in [7, 11) is -2.38. The summed E-state index contributed by atoms with van der Waals surface area (Å²) in [6.07, 6.45) is 0.214. The van der Waals surface area contributed by atoms with Crippen molar-refractivity contribution in [1.82, 2.24) is 10.0 Å². The van der Waals surface area contributed by atoms with Gasteiger partial charge in [-0.15, -0.1) is 0 Å². The molecule has 0 fully saturated rings. The third kappa shape index (κ3) is 5.62. The van der Waals surface area contributed by atoms with Crippen molar-refractivity contribution in [3.05, 3.63) is 108 Å². The van der Waals surface area contributed by atoms with E-state index in [1.165, 1.54) is 0 Å². The Morgan fingerprint density at radius 1 is 0.853 bits per heavy atom. The first kappa shape index (κ1) is 23.5. The van der Waals surface area contributed by atoms with Gasteiger partial charge in [0.2, 0.25) is 15.9 Å². The number of hydrogen-bond donors (Lipinski definition) is 2. The molecule has 0 radical (unpaired) electrons. The Labute approximate surface area is 199 Å². The molecule has 174 valence electrons. The van der Waals surface area contributed by atoms with Gasteiger partial charge in [0.1, 0.15) is 11.8 Å². The van der Waals surface area contributed by atoms with Crippen molar-refractivity contribution < 1.29 is 17.9 Å². The zero-order chi connectivity index (χ0) is 24.0. The lowest BCUT2D eigenvalue weighted by Gasteiger charge is -2.19. The largest absolute Gasteiger partial charge is 0.496 e. The number of methoxy groups -OCH3 is 1.